The summed E-state index contributed by atoms with van der Waals surface area (Å²) in [4.78, 5) is 35.1. The number of carbonyl (C=O) groups excluding carboxylic acids is 3. The molecule has 1 heterocycles. The van der Waals surface area contributed by atoms with Gasteiger partial charge >= 0.3 is 35.5 Å². The quantitative estimate of drug-likeness (QED) is 0.432. The molecule has 0 saturated heterocycles. The van der Waals surface area contributed by atoms with Gasteiger partial charge in [-0.05, 0) is 33.1 Å². The molecular formula is C14H15N2NaO5. The zero-order chi connectivity index (χ0) is 15.5. The summed E-state index contributed by atoms with van der Waals surface area (Å²) in [6.07, 6.45) is 0.657. The van der Waals surface area contributed by atoms with E-state index in [4.69, 9.17) is 4.74 Å². The Morgan fingerprint density at radius 2 is 2.00 bits per heavy atom. The van der Waals surface area contributed by atoms with E-state index in [2.05, 4.69) is 5.10 Å². The molecule has 0 unspecified atom stereocenters. The molecule has 112 valence electrons. The van der Waals surface area contributed by atoms with Crippen molar-refractivity contribution in [2.24, 2.45) is 5.92 Å². The molecule has 0 aliphatic heterocycles. The fraction of sp³-hybridized carbons (Fsp3) is 0.571. The third kappa shape index (κ3) is 2.85. The van der Waals surface area contributed by atoms with Gasteiger partial charge in [0.15, 0.2) is 5.78 Å². The van der Waals surface area contributed by atoms with Gasteiger partial charge in [0.2, 0.25) is 0 Å². The smallest absolute Gasteiger partial charge is 0.543 e. The monoisotopic (exact) mass is 314 g/mol. The summed E-state index contributed by atoms with van der Waals surface area (Å²) in [5.74, 6) is -2.37. The SMILES string of the molecule is CC(C)(C)OC(=O)Cn1nc2c(c1C(=O)[O-])[C@H]1C[C@H]1C2=O.[Na+]. The van der Waals surface area contributed by atoms with Crippen molar-refractivity contribution >= 4 is 17.7 Å². The fourth-order valence-electron chi connectivity index (χ4n) is 2.81. The number of nitrogens with zero attached hydrogens (tertiary/aromatic N) is 2. The van der Waals surface area contributed by atoms with Crippen molar-refractivity contribution in [1.29, 1.82) is 0 Å². The van der Waals surface area contributed by atoms with Gasteiger partial charge < -0.3 is 14.6 Å². The molecule has 1 aromatic heterocycles. The maximum atomic E-state index is 11.9. The van der Waals surface area contributed by atoms with Gasteiger partial charge in [-0.3, -0.25) is 14.3 Å². The first-order chi connectivity index (χ1) is 9.69. The first-order valence-corrected chi connectivity index (χ1v) is 6.77. The second kappa shape index (κ2) is 5.47. The Kier molecular flexibility index (Phi) is 4.27. The third-order valence-corrected chi connectivity index (χ3v) is 3.61. The minimum absolute atomic E-state index is 0. The molecule has 0 radical (unpaired) electrons. The van der Waals surface area contributed by atoms with Crippen LogP contribution >= 0.6 is 0 Å². The molecule has 7 nitrogen and oxygen atoms in total. The summed E-state index contributed by atoms with van der Waals surface area (Å²) in [6.45, 7) is 4.79. The molecular weight excluding hydrogens is 299 g/mol. The zero-order valence-electron chi connectivity index (χ0n) is 13.0. The second-order valence-electron chi connectivity index (χ2n) is 6.46. The van der Waals surface area contributed by atoms with Crippen molar-refractivity contribution in [2.75, 3.05) is 0 Å². The molecule has 2 atom stereocenters. The molecule has 22 heavy (non-hydrogen) atoms. The van der Waals surface area contributed by atoms with Crippen molar-refractivity contribution < 1.29 is 53.8 Å². The largest absolute Gasteiger partial charge is 1.00 e. The number of carboxylic acids is 1. The van der Waals surface area contributed by atoms with E-state index in [1.165, 1.54) is 0 Å². The first-order valence-electron chi connectivity index (χ1n) is 6.77. The maximum Gasteiger partial charge on any atom is 1.00 e. The number of Topliss-reactive ketones (excluding diaryl/α,β-unsaturated/α-hetero) is 1. The predicted molar refractivity (Wildman–Crippen MR) is 67.6 cm³/mol. The number of rotatable bonds is 3. The zero-order valence-corrected chi connectivity index (χ0v) is 15.0. The van der Waals surface area contributed by atoms with Gasteiger partial charge in [0.25, 0.3) is 0 Å². The number of esters is 1. The predicted octanol–water partition coefficient (Wildman–Crippen LogP) is -3.11. The molecule has 8 heteroatoms. The number of hydrogen-bond acceptors (Lipinski definition) is 6. The topological polar surface area (TPSA) is 101 Å². The molecule has 1 saturated carbocycles. The Labute approximate surface area is 149 Å². The van der Waals surface area contributed by atoms with E-state index >= 15 is 0 Å². The van der Waals surface area contributed by atoms with Crippen molar-refractivity contribution in [1.82, 2.24) is 9.78 Å². The van der Waals surface area contributed by atoms with E-state index in [0.29, 0.717) is 12.0 Å². The Bertz CT molecular complexity index is 674. The van der Waals surface area contributed by atoms with E-state index < -0.39 is 17.5 Å². The van der Waals surface area contributed by atoms with Crippen LogP contribution in [0.25, 0.3) is 0 Å². The number of ether oxygens (including phenoxy) is 1. The number of aromatic carboxylic acids is 1. The van der Waals surface area contributed by atoms with Crippen LogP contribution in [-0.2, 0) is 16.1 Å². The number of aromatic nitrogens is 2. The van der Waals surface area contributed by atoms with Crippen molar-refractivity contribution in [3.8, 4) is 0 Å². The van der Waals surface area contributed by atoms with Crippen LogP contribution in [0.2, 0.25) is 0 Å². The summed E-state index contributed by atoms with van der Waals surface area (Å²) < 4.78 is 6.16. The minimum Gasteiger partial charge on any atom is -0.543 e. The van der Waals surface area contributed by atoms with E-state index in [9.17, 15) is 19.5 Å². The number of carboxylic acid groups (broad SMARTS) is 1. The van der Waals surface area contributed by atoms with Gasteiger partial charge in [0.1, 0.15) is 17.8 Å². The van der Waals surface area contributed by atoms with E-state index in [-0.39, 0.29) is 65.1 Å². The standard InChI is InChI=1S/C14H16N2O5.Na/c1-14(2,3)21-8(17)5-16-11(13(19)20)9-6-4-7(6)12(18)10(9)15-16;/h6-7H,4-5H2,1-3H3,(H,19,20);/q;+1/p-1/t6-,7+;/m0./s1. The van der Waals surface area contributed by atoms with Crippen LogP contribution in [0, 0.1) is 5.92 Å². The Morgan fingerprint density at radius 3 is 2.55 bits per heavy atom. The average Bonchev–Trinajstić information content (AvgIpc) is 2.93. The maximum absolute atomic E-state index is 11.9. The molecule has 0 spiro atoms. The minimum atomic E-state index is -1.42. The molecule has 0 bridgehead atoms. The van der Waals surface area contributed by atoms with Gasteiger partial charge in [0.05, 0.1) is 11.7 Å². The molecule has 0 N–H and O–H groups in total. The third-order valence-electron chi connectivity index (χ3n) is 3.61. The normalized spacial score (nSPS) is 21.7. The second-order valence-corrected chi connectivity index (χ2v) is 6.46. The molecule has 3 rings (SSSR count). The number of hydrogen-bond donors (Lipinski definition) is 0. The molecule has 1 aromatic rings. The molecule has 0 aromatic carbocycles. The van der Waals surface area contributed by atoms with E-state index in [1.807, 2.05) is 0 Å². The molecule has 1 fully saturated rings. The van der Waals surface area contributed by atoms with Crippen LogP contribution in [0.3, 0.4) is 0 Å². The van der Waals surface area contributed by atoms with Crippen LogP contribution in [0.15, 0.2) is 0 Å². The Hall–Kier alpha value is -1.18. The van der Waals surface area contributed by atoms with E-state index in [1.54, 1.807) is 20.8 Å². The van der Waals surface area contributed by atoms with Crippen molar-refractivity contribution in [3.63, 3.8) is 0 Å². The van der Waals surface area contributed by atoms with Gasteiger partial charge in [-0.15, -0.1) is 0 Å². The molecule has 2 aliphatic carbocycles. The summed E-state index contributed by atoms with van der Waals surface area (Å²) in [7, 11) is 0. The van der Waals surface area contributed by atoms with Gasteiger partial charge in [0, 0.05) is 11.5 Å². The van der Waals surface area contributed by atoms with Crippen LogP contribution in [0.5, 0.6) is 0 Å². The van der Waals surface area contributed by atoms with Crippen LogP contribution in [0.4, 0.5) is 0 Å². The molecule has 2 aliphatic rings. The van der Waals surface area contributed by atoms with Crippen LogP contribution in [-0.4, -0.2) is 33.1 Å². The number of carbonyl (C=O) groups is 3. The van der Waals surface area contributed by atoms with Crippen LogP contribution < -0.4 is 34.7 Å². The van der Waals surface area contributed by atoms with Gasteiger partial charge in [-0.1, -0.05) is 0 Å². The summed E-state index contributed by atoms with van der Waals surface area (Å²) in [5, 5.41) is 15.3. The molecule has 0 amide bonds. The van der Waals surface area contributed by atoms with Gasteiger partial charge in [-0.2, -0.15) is 5.10 Å². The van der Waals surface area contributed by atoms with Crippen molar-refractivity contribution in [2.45, 2.75) is 45.3 Å². The van der Waals surface area contributed by atoms with Crippen molar-refractivity contribution in [3.05, 3.63) is 17.0 Å². The summed E-state index contributed by atoms with van der Waals surface area (Å²) in [5.41, 5.74) is -0.256. The summed E-state index contributed by atoms with van der Waals surface area (Å²) in [6, 6.07) is 0. The average molecular weight is 314 g/mol. The Morgan fingerprint density at radius 1 is 1.36 bits per heavy atom. The fourth-order valence-corrected chi connectivity index (χ4v) is 2.81. The van der Waals surface area contributed by atoms with Crippen LogP contribution in [0.1, 0.15) is 59.7 Å². The Balaban J connectivity index is 0.00000176. The number of ketones is 1. The van der Waals surface area contributed by atoms with E-state index in [0.717, 1.165) is 4.68 Å². The summed E-state index contributed by atoms with van der Waals surface area (Å²) >= 11 is 0. The number of fused-ring (bicyclic) bond motifs is 3. The first kappa shape index (κ1) is 17.2. The van der Waals surface area contributed by atoms with Gasteiger partial charge in [-0.25, -0.2) is 0 Å².